The first-order chi connectivity index (χ1) is 16.7. The molecule has 2 saturated heterocycles. The standard InChI is InChI=1S/C26H30F3N5O/c1-32(2)25(35)23-17-33(15-18-5-9-31-10-6-18)16-22(23)19-7-11-34(12-8-19)21-4-3-20(14-30)24(13-21)26(27,28)29/h3-6,9-10,13,19,22-23H,7-8,11-12,15-17H2,1-2H3/t22-,23+/m0/s1. The van der Waals surface area contributed by atoms with E-state index in [9.17, 15) is 18.0 Å². The molecule has 3 heterocycles. The Hall–Kier alpha value is -3.12. The van der Waals surface area contributed by atoms with Gasteiger partial charge in [0.25, 0.3) is 0 Å². The van der Waals surface area contributed by atoms with Crippen molar-refractivity contribution in [1.29, 1.82) is 5.26 Å². The number of likely N-dealkylation sites (tertiary alicyclic amines) is 1. The van der Waals surface area contributed by atoms with Crippen LogP contribution in [-0.4, -0.2) is 61.0 Å². The molecule has 1 aromatic heterocycles. The molecule has 2 aliphatic heterocycles. The Bertz CT molecular complexity index is 1070. The molecule has 0 N–H and O–H groups in total. The summed E-state index contributed by atoms with van der Waals surface area (Å²) in [6, 6.07) is 9.55. The molecule has 9 heteroatoms. The van der Waals surface area contributed by atoms with E-state index in [1.54, 1.807) is 43.5 Å². The summed E-state index contributed by atoms with van der Waals surface area (Å²) in [4.78, 5) is 23.0. The molecular formula is C26H30F3N5O. The minimum Gasteiger partial charge on any atom is -0.372 e. The van der Waals surface area contributed by atoms with Crippen LogP contribution in [0.2, 0.25) is 0 Å². The smallest absolute Gasteiger partial charge is 0.372 e. The number of amides is 1. The highest BCUT2D eigenvalue weighted by Crippen LogP contribution is 2.39. The summed E-state index contributed by atoms with van der Waals surface area (Å²) in [5.74, 6) is 0.579. The number of aromatic nitrogens is 1. The zero-order valence-corrected chi connectivity index (χ0v) is 20.0. The van der Waals surface area contributed by atoms with E-state index in [4.69, 9.17) is 5.26 Å². The van der Waals surface area contributed by atoms with Crippen LogP contribution < -0.4 is 4.90 Å². The molecule has 2 atom stereocenters. The van der Waals surface area contributed by atoms with E-state index < -0.39 is 11.7 Å². The van der Waals surface area contributed by atoms with Gasteiger partial charge in [0, 0.05) is 64.9 Å². The molecule has 6 nitrogen and oxygen atoms in total. The molecule has 0 spiro atoms. The van der Waals surface area contributed by atoms with E-state index >= 15 is 0 Å². The molecule has 186 valence electrons. The van der Waals surface area contributed by atoms with Crippen LogP contribution in [0.25, 0.3) is 0 Å². The van der Waals surface area contributed by atoms with Gasteiger partial charge in [0.05, 0.1) is 23.1 Å². The molecule has 2 fully saturated rings. The van der Waals surface area contributed by atoms with Gasteiger partial charge in [-0.3, -0.25) is 14.7 Å². The Labute approximate surface area is 204 Å². The lowest BCUT2D eigenvalue weighted by Gasteiger charge is -2.38. The van der Waals surface area contributed by atoms with Gasteiger partial charge in [-0.15, -0.1) is 0 Å². The second-order valence-corrected chi connectivity index (χ2v) is 9.72. The summed E-state index contributed by atoms with van der Waals surface area (Å²) in [5, 5.41) is 9.06. The fraction of sp³-hybridized carbons (Fsp3) is 0.500. The zero-order valence-electron chi connectivity index (χ0n) is 20.0. The van der Waals surface area contributed by atoms with Crippen molar-refractivity contribution in [1.82, 2.24) is 14.8 Å². The molecule has 1 amide bonds. The van der Waals surface area contributed by atoms with Crippen LogP contribution in [0.3, 0.4) is 0 Å². The van der Waals surface area contributed by atoms with Crippen molar-refractivity contribution in [2.45, 2.75) is 25.6 Å². The molecule has 4 rings (SSSR count). The topological polar surface area (TPSA) is 63.5 Å². The molecule has 0 aliphatic carbocycles. The third-order valence-electron chi connectivity index (χ3n) is 7.29. The Morgan fingerprint density at radius 3 is 2.43 bits per heavy atom. The SMILES string of the molecule is CN(C)C(=O)[C@@H]1CN(Cc2ccncc2)C[C@H]1C1CCN(c2ccc(C#N)c(C(F)(F)F)c2)CC1. The molecule has 0 saturated carbocycles. The lowest BCUT2D eigenvalue weighted by molar-refractivity contribution is -0.137. The normalized spacial score (nSPS) is 21.7. The Morgan fingerprint density at radius 1 is 1.14 bits per heavy atom. The number of nitrogens with zero attached hydrogens (tertiary/aromatic N) is 5. The van der Waals surface area contributed by atoms with Gasteiger partial charge in [-0.25, -0.2) is 0 Å². The van der Waals surface area contributed by atoms with Crippen molar-refractivity contribution in [2.75, 3.05) is 45.2 Å². The number of nitriles is 1. The maximum absolute atomic E-state index is 13.4. The second-order valence-electron chi connectivity index (χ2n) is 9.72. The maximum Gasteiger partial charge on any atom is 0.417 e. The average molecular weight is 486 g/mol. The summed E-state index contributed by atoms with van der Waals surface area (Å²) in [7, 11) is 3.58. The van der Waals surface area contributed by atoms with Gasteiger partial charge in [-0.05, 0) is 60.6 Å². The highest BCUT2D eigenvalue weighted by Gasteiger charge is 2.43. The predicted octanol–water partition coefficient (Wildman–Crippen LogP) is 4.02. The van der Waals surface area contributed by atoms with Crippen LogP contribution in [0, 0.1) is 29.1 Å². The van der Waals surface area contributed by atoms with Gasteiger partial charge in [0.1, 0.15) is 0 Å². The number of rotatable bonds is 5. The number of benzene rings is 1. The van der Waals surface area contributed by atoms with Crippen LogP contribution in [-0.2, 0) is 17.5 Å². The van der Waals surface area contributed by atoms with E-state index in [0.717, 1.165) is 37.6 Å². The van der Waals surface area contributed by atoms with Crippen LogP contribution in [0.15, 0.2) is 42.7 Å². The van der Waals surface area contributed by atoms with Crippen molar-refractivity contribution < 1.29 is 18.0 Å². The Balaban J connectivity index is 1.46. The number of piperidine rings is 1. The number of halogens is 3. The summed E-state index contributed by atoms with van der Waals surface area (Å²) in [5.41, 5.74) is 0.398. The predicted molar refractivity (Wildman–Crippen MR) is 126 cm³/mol. The van der Waals surface area contributed by atoms with E-state index in [1.807, 2.05) is 17.0 Å². The van der Waals surface area contributed by atoms with E-state index in [0.29, 0.717) is 31.2 Å². The zero-order chi connectivity index (χ0) is 25.2. The molecule has 0 bridgehead atoms. The second kappa shape index (κ2) is 10.2. The first kappa shape index (κ1) is 25.0. The first-order valence-electron chi connectivity index (χ1n) is 11.9. The lowest BCUT2D eigenvalue weighted by Crippen LogP contribution is -2.41. The third kappa shape index (κ3) is 5.59. The molecule has 0 unspecified atom stereocenters. The number of hydrogen-bond donors (Lipinski definition) is 0. The Morgan fingerprint density at radius 2 is 1.83 bits per heavy atom. The summed E-state index contributed by atoms with van der Waals surface area (Å²) >= 11 is 0. The van der Waals surface area contributed by atoms with Gasteiger partial charge >= 0.3 is 6.18 Å². The summed E-state index contributed by atoms with van der Waals surface area (Å²) < 4.78 is 40.2. The largest absolute Gasteiger partial charge is 0.417 e. The van der Waals surface area contributed by atoms with Crippen LogP contribution in [0.5, 0.6) is 0 Å². The number of hydrogen-bond acceptors (Lipinski definition) is 5. The fourth-order valence-electron chi connectivity index (χ4n) is 5.51. The van der Waals surface area contributed by atoms with E-state index in [-0.39, 0.29) is 23.3 Å². The number of anilines is 1. The number of alkyl halides is 3. The van der Waals surface area contributed by atoms with Gasteiger partial charge in [-0.2, -0.15) is 18.4 Å². The van der Waals surface area contributed by atoms with Gasteiger partial charge in [0.15, 0.2) is 0 Å². The maximum atomic E-state index is 13.4. The van der Waals surface area contributed by atoms with Crippen molar-refractivity contribution in [3.05, 3.63) is 59.4 Å². The first-order valence-corrected chi connectivity index (χ1v) is 11.9. The highest BCUT2D eigenvalue weighted by molar-refractivity contribution is 5.79. The van der Waals surface area contributed by atoms with E-state index in [1.165, 1.54) is 6.07 Å². The van der Waals surface area contributed by atoms with Crippen molar-refractivity contribution in [3.8, 4) is 6.07 Å². The minimum atomic E-state index is -4.57. The summed E-state index contributed by atoms with van der Waals surface area (Å²) in [6.07, 6.45) is 0.600. The van der Waals surface area contributed by atoms with Crippen LogP contribution >= 0.6 is 0 Å². The van der Waals surface area contributed by atoms with Gasteiger partial charge in [0.2, 0.25) is 5.91 Å². The van der Waals surface area contributed by atoms with Gasteiger partial charge in [-0.1, -0.05) is 0 Å². The molecule has 35 heavy (non-hydrogen) atoms. The molecule has 2 aromatic rings. The number of carbonyl (C=O) groups is 1. The molecule has 0 radical (unpaired) electrons. The highest BCUT2D eigenvalue weighted by atomic mass is 19.4. The van der Waals surface area contributed by atoms with Crippen LogP contribution in [0.1, 0.15) is 29.5 Å². The number of carbonyl (C=O) groups excluding carboxylic acids is 1. The third-order valence-corrected chi connectivity index (χ3v) is 7.29. The monoisotopic (exact) mass is 485 g/mol. The molecular weight excluding hydrogens is 455 g/mol. The fourth-order valence-corrected chi connectivity index (χ4v) is 5.51. The Kier molecular flexibility index (Phi) is 7.31. The number of pyridine rings is 1. The molecule has 1 aromatic carbocycles. The van der Waals surface area contributed by atoms with Crippen molar-refractivity contribution in [2.24, 2.45) is 17.8 Å². The minimum absolute atomic E-state index is 0.0878. The summed E-state index contributed by atoms with van der Waals surface area (Å²) in [6.45, 7) is 3.54. The molecule has 2 aliphatic rings. The lowest BCUT2D eigenvalue weighted by atomic mass is 9.78. The van der Waals surface area contributed by atoms with Crippen LogP contribution in [0.4, 0.5) is 18.9 Å². The average Bonchev–Trinajstić information content (AvgIpc) is 3.26. The quantitative estimate of drug-likeness (QED) is 0.640. The van der Waals surface area contributed by atoms with Gasteiger partial charge < -0.3 is 9.80 Å². The van der Waals surface area contributed by atoms with E-state index in [2.05, 4.69) is 9.88 Å². The van der Waals surface area contributed by atoms with Crippen molar-refractivity contribution >= 4 is 11.6 Å². The van der Waals surface area contributed by atoms with Crippen molar-refractivity contribution in [3.63, 3.8) is 0 Å².